The zero-order valence-corrected chi connectivity index (χ0v) is 9.42. The van der Waals surface area contributed by atoms with Gasteiger partial charge < -0.3 is 4.90 Å². The molecular weight excluding hydrogens is 204 g/mol. The number of likely N-dealkylation sites (N-methyl/N-ethyl adjacent to an activating group) is 1. The molecule has 0 aliphatic rings. The van der Waals surface area contributed by atoms with Crippen molar-refractivity contribution in [2.45, 2.75) is 13.5 Å². The van der Waals surface area contributed by atoms with Crippen molar-refractivity contribution in [3.63, 3.8) is 0 Å². The van der Waals surface area contributed by atoms with Crippen LogP contribution < -0.4 is 0 Å². The Morgan fingerprint density at radius 1 is 1.44 bits per heavy atom. The second-order valence-electron chi connectivity index (χ2n) is 3.62. The zero-order chi connectivity index (χ0) is 12.0. The van der Waals surface area contributed by atoms with E-state index < -0.39 is 0 Å². The second-order valence-corrected chi connectivity index (χ2v) is 3.62. The van der Waals surface area contributed by atoms with Gasteiger partial charge in [0, 0.05) is 18.5 Å². The van der Waals surface area contributed by atoms with Crippen LogP contribution in [0, 0.1) is 6.92 Å². The number of nitrogens with zero attached hydrogens (tertiary/aromatic N) is 4. The smallest absolute Gasteiger partial charge is 0.228 e. The third kappa shape index (κ3) is 3.63. The van der Waals surface area contributed by atoms with Crippen LogP contribution in [0.5, 0.6) is 0 Å². The van der Waals surface area contributed by atoms with Crippen molar-refractivity contribution in [2.24, 2.45) is 5.11 Å². The first kappa shape index (κ1) is 12.1. The maximum absolute atomic E-state index is 11.4. The zero-order valence-electron chi connectivity index (χ0n) is 9.42. The van der Waals surface area contributed by atoms with Crippen LogP contribution in [0.25, 0.3) is 10.4 Å². The molecule has 5 nitrogen and oxygen atoms in total. The highest BCUT2D eigenvalue weighted by molar-refractivity contribution is 5.78. The van der Waals surface area contributed by atoms with Gasteiger partial charge in [-0.05, 0) is 18.0 Å². The van der Waals surface area contributed by atoms with Gasteiger partial charge >= 0.3 is 0 Å². The van der Waals surface area contributed by atoms with E-state index in [9.17, 15) is 4.79 Å². The molecule has 0 aromatic heterocycles. The van der Waals surface area contributed by atoms with Crippen LogP contribution in [-0.4, -0.2) is 24.4 Å². The number of hydrogen-bond acceptors (Lipinski definition) is 2. The number of rotatable bonds is 4. The van der Waals surface area contributed by atoms with E-state index in [1.807, 2.05) is 31.2 Å². The van der Waals surface area contributed by atoms with Gasteiger partial charge in [0.25, 0.3) is 0 Å². The number of carbonyl (C=O) groups is 1. The van der Waals surface area contributed by atoms with E-state index in [2.05, 4.69) is 10.0 Å². The van der Waals surface area contributed by atoms with Crippen LogP contribution in [0.1, 0.15) is 11.1 Å². The highest BCUT2D eigenvalue weighted by atomic mass is 16.2. The van der Waals surface area contributed by atoms with Crippen molar-refractivity contribution in [1.82, 2.24) is 4.90 Å². The molecule has 0 heterocycles. The van der Waals surface area contributed by atoms with Gasteiger partial charge in [0.15, 0.2) is 0 Å². The Labute approximate surface area is 94.3 Å². The van der Waals surface area contributed by atoms with Gasteiger partial charge in [-0.3, -0.25) is 4.79 Å². The van der Waals surface area contributed by atoms with Crippen molar-refractivity contribution in [3.05, 3.63) is 45.8 Å². The third-order valence-corrected chi connectivity index (χ3v) is 2.24. The van der Waals surface area contributed by atoms with Crippen LogP contribution in [0.2, 0.25) is 0 Å². The monoisotopic (exact) mass is 218 g/mol. The molecule has 0 saturated heterocycles. The van der Waals surface area contributed by atoms with Gasteiger partial charge in [0.1, 0.15) is 6.54 Å². The van der Waals surface area contributed by atoms with Crippen LogP contribution >= 0.6 is 0 Å². The first-order valence-corrected chi connectivity index (χ1v) is 4.94. The summed E-state index contributed by atoms with van der Waals surface area (Å²) in [7, 11) is 1.69. The van der Waals surface area contributed by atoms with Gasteiger partial charge in [-0.1, -0.05) is 34.9 Å². The summed E-state index contributed by atoms with van der Waals surface area (Å²) in [6, 6.07) is 7.96. The molecule has 0 atom stereocenters. The Morgan fingerprint density at radius 2 is 2.06 bits per heavy atom. The summed E-state index contributed by atoms with van der Waals surface area (Å²) in [5, 5.41) is 3.24. The second kappa shape index (κ2) is 5.78. The lowest BCUT2D eigenvalue weighted by atomic mass is 10.1. The molecule has 16 heavy (non-hydrogen) atoms. The quantitative estimate of drug-likeness (QED) is 0.434. The van der Waals surface area contributed by atoms with Gasteiger partial charge in [0.05, 0.1) is 0 Å². The Kier molecular flexibility index (Phi) is 4.36. The van der Waals surface area contributed by atoms with E-state index in [-0.39, 0.29) is 12.5 Å². The number of carbonyl (C=O) groups excluding carboxylic acids is 1. The molecule has 0 aliphatic heterocycles. The minimum Gasteiger partial charge on any atom is -0.341 e. The maximum atomic E-state index is 11.4. The van der Waals surface area contributed by atoms with E-state index in [0.29, 0.717) is 6.54 Å². The molecule has 0 unspecified atom stereocenters. The summed E-state index contributed by atoms with van der Waals surface area (Å²) in [4.78, 5) is 15.5. The average Bonchev–Trinajstić information content (AvgIpc) is 2.29. The molecule has 0 N–H and O–H groups in total. The minimum absolute atomic E-state index is 0.126. The fourth-order valence-corrected chi connectivity index (χ4v) is 1.27. The summed E-state index contributed by atoms with van der Waals surface area (Å²) < 4.78 is 0. The fourth-order valence-electron chi connectivity index (χ4n) is 1.27. The molecule has 5 heteroatoms. The lowest BCUT2D eigenvalue weighted by Gasteiger charge is -2.16. The lowest BCUT2D eigenvalue weighted by molar-refractivity contribution is -0.128. The topological polar surface area (TPSA) is 69.1 Å². The SMILES string of the molecule is Cc1ccc(CN(C)C(=O)CN=[N+]=[N-])cc1. The van der Waals surface area contributed by atoms with E-state index in [1.54, 1.807) is 11.9 Å². The minimum atomic E-state index is -0.182. The largest absolute Gasteiger partial charge is 0.341 e. The highest BCUT2D eigenvalue weighted by Crippen LogP contribution is 2.05. The first-order chi connectivity index (χ1) is 7.63. The molecular formula is C11H14N4O. The average molecular weight is 218 g/mol. The van der Waals surface area contributed by atoms with Crippen molar-refractivity contribution >= 4 is 5.91 Å². The van der Waals surface area contributed by atoms with Crippen LogP contribution in [0.4, 0.5) is 0 Å². The molecule has 0 saturated carbocycles. The van der Waals surface area contributed by atoms with Crippen molar-refractivity contribution in [2.75, 3.05) is 13.6 Å². The molecule has 0 bridgehead atoms. The fraction of sp³-hybridized carbons (Fsp3) is 0.364. The molecule has 1 aromatic carbocycles. The Bertz CT molecular complexity index is 406. The van der Waals surface area contributed by atoms with Crippen LogP contribution in [0.3, 0.4) is 0 Å². The Balaban J connectivity index is 2.56. The normalized spacial score (nSPS) is 9.38. The van der Waals surface area contributed by atoms with E-state index in [0.717, 1.165) is 5.56 Å². The van der Waals surface area contributed by atoms with Gasteiger partial charge in [0.2, 0.25) is 5.91 Å². The highest BCUT2D eigenvalue weighted by Gasteiger charge is 2.07. The number of azide groups is 1. The van der Waals surface area contributed by atoms with E-state index in [4.69, 9.17) is 5.53 Å². The summed E-state index contributed by atoms with van der Waals surface area (Å²) in [5.74, 6) is -0.182. The Morgan fingerprint density at radius 3 is 2.62 bits per heavy atom. The lowest BCUT2D eigenvalue weighted by Crippen LogP contribution is -2.27. The van der Waals surface area contributed by atoms with E-state index in [1.165, 1.54) is 5.56 Å². The molecule has 1 aromatic rings. The van der Waals surface area contributed by atoms with Crippen LogP contribution in [0.15, 0.2) is 29.4 Å². The van der Waals surface area contributed by atoms with Crippen LogP contribution in [-0.2, 0) is 11.3 Å². The predicted molar refractivity (Wildman–Crippen MR) is 61.7 cm³/mol. The molecule has 0 aliphatic carbocycles. The van der Waals surface area contributed by atoms with Gasteiger partial charge in [-0.15, -0.1) is 0 Å². The van der Waals surface area contributed by atoms with Crippen molar-refractivity contribution in [1.29, 1.82) is 0 Å². The first-order valence-electron chi connectivity index (χ1n) is 4.94. The molecule has 0 spiro atoms. The number of hydrogen-bond donors (Lipinski definition) is 0. The Hall–Kier alpha value is -2.00. The van der Waals surface area contributed by atoms with E-state index >= 15 is 0 Å². The number of aryl methyl sites for hydroxylation is 1. The number of amides is 1. The maximum Gasteiger partial charge on any atom is 0.228 e. The summed E-state index contributed by atoms with van der Waals surface area (Å²) in [6.07, 6.45) is 0. The van der Waals surface area contributed by atoms with Crippen molar-refractivity contribution in [3.8, 4) is 0 Å². The molecule has 1 rings (SSSR count). The van der Waals surface area contributed by atoms with Gasteiger partial charge in [-0.25, -0.2) is 0 Å². The molecule has 84 valence electrons. The van der Waals surface area contributed by atoms with Crippen molar-refractivity contribution < 1.29 is 4.79 Å². The number of benzene rings is 1. The summed E-state index contributed by atoms with van der Waals surface area (Å²) in [6.45, 7) is 2.42. The summed E-state index contributed by atoms with van der Waals surface area (Å²) >= 11 is 0. The molecule has 0 radical (unpaired) electrons. The predicted octanol–water partition coefficient (Wildman–Crippen LogP) is 2.26. The van der Waals surface area contributed by atoms with Gasteiger partial charge in [-0.2, -0.15) is 0 Å². The molecule has 0 fully saturated rings. The molecule has 1 amide bonds. The standard InChI is InChI=1S/C11H14N4O/c1-9-3-5-10(6-4-9)8-15(2)11(16)7-13-14-12/h3-6H,7-8H2,1-2H3. The summed E-state index contributed by atoms with van der Waals surface area (Å²) in [5.41, 5.74) is 10.3. The third-order valence-electron chi connectivity index (χ3n) is 2.24.